The molecule has 21 heavy (non-hydrogen) atoms. The normalized spacial score (nSPS) is 11.8. The molecular weight excluding hydrogens is 278 g/mol. The van der Waals surface area contributed by atoms with Gasteiger partial charge in [0.25, 0.3) is 0 Å². The van der Waals surface area contributed by atoms with Gasteiger partial charge in [-0.3, -0.25) is 0 Å². The monoisotopic (exact) mass is 295 g/mol. The van der Waals surface area contributed by atoms with Gasteiger partial charge in [-0.1, -0.05) is 0 Å². The van der Waals surface area contributed by atoms with Gasteiger partial charge in [-0.2, -0.15) is 0 Å². The van der Waals surface area contributed by atoms with Gasteiger partial charge < -0.3 is 9.72 Å². The molecule has 3 heteroatoms. The fraction of sp³-hybridized carbons (Fsp3) is 0.222. The smallest absolute Gasteiger partial charge is 0.120 e. The molecule has 0 aliphatic heterocycles. The van der Waals surface area contributed by atoms with Crippen LogP contribution in [-0.4, -0.2) is 12.1 Å². The minimum atomic E-state index is 0.889. The van der Waals surface area contributed by atoms with E-state index in [1.165, 1.54) is 42.4 Å². The Morgan fingerprint density at radius 2 is 1.76 bits per heavy atom. The zero-order valence-corrected chi connectivity index (χ0v) is 13.4. The minimum Gasteiger partial charge on any atom is -0.497 e. The molecule has 1 N–H and O–H groups in total. The van der Waals surface area contributed by atoms with E-state index in [0.717, 1.165) is 11.3 Å². The fourth-order valence-corrected chi connectivity index (χ4v) is 4.27. The number of fused-ring (bicyclic) bond motifs is 4. The second kappa shape index (κ2) is 4.25. The summed E-state index contributed by atoms with van der Waals surface area (Å²) in [6, 6.07) is 8.58. The van der Waals surface area contributed by atoms with Gasteiger partial charge in [-0.15, -0.1) is 11.3 Å². The molecule has 0 atom stereocenters. The standard InChI is InChI=1S/C18H17NOS/c1-9-11(3)21-18-10(2)17-15(8-14(9)18)13-6-5-12(20-4)7-16(13)19-17/h5-8,19H,1-4H3. The molecule has 0 spiro atoms. The van der Waals surface area contributed by atoms with Crippen LogP contribution in [-0.2, 0) is 0 Å². The van der Waals surface area contributed by atoms with E-state index < -0.39 is 0 Å². The van der Waals surface area contributed by atoms with Gasteiger partial charge in [-0.25, -0.2) is 0 Å². The van der Waals surface area contributed by atoms with Gasteiger partial charge in [0.1, 0.15) is 5.75 Å². The van der Waals surface area contributed by atoms with Crippen molar-refractivity contribution in [3.63, 3.8) is 0 Å². The maximum absolute atomic E-state index is 5.33. The SMILES string of the molecule is COc1ccc2c(c1)[nH]c1c(C)c3sc(C)c(C)c3cc12. The van der Waals surface area contributed by atoms with Crippen LogP contribution >= 0.6 is 11.3 Å². The van der Waals surface area contributed by atoms with E-state index in [-0.39, 0.29) is 0 Å². The number of benzene rings is 2. The molecule has 4 rings (SSSR count). The molecule has 0 aliphatic carbocycles. The highest BCUT2D eigenvalue weighted by Gasteiger charge is 2.14. The minimum absolute atomic E-state index is 0.889. The predicted octanol–water partition coefficient (Wildman–Crippen LogP) is 5.47. The van der Waals surface area contributed by atoms with E-state index >= 15 is 0 Å². The third kappa shape index (κ3) is 1.64. The lowest BCUT2D eigenvalue weighted by Gasteiger charge is -2.00. The number of H-pyrrole nitrogens is 1. The van der Waals surface area contributed by atoms with Gasteiger partial charge in [-0.05, 0) is 55.5 Å². The predicted molar refractivity (Wildman–Crippen MR) is 92.0 cm³/mol. The van der Waals surface area contributed by atoms with Crippen molar-refractivity contribution in [3.8, 4) is 5.75 Å². The number of aromatic nitrogens is 1. The summed E-state index contributed by atoms with van der Waals surface area (Å²) in [5.74, 6) is 0.889. The van der Waals surface area contributed by atoms with Crippen LogP contribution in [0.15, 0.2) is 24.3 Å². The number of hydrogen-bond donors (Lipinski definition) is 1. The van der Waals surface area contributed by atoms with Crippen molar-refractivity contribution in [2.45, 2.75) is 20.8 Å². The Hall–Kier alpha value is -2.00. The average Bonchev–Trinajstić information content (AvgIpc) is 2.99. The Morgan fingerprint density at radius 1 is 0.952 bits per heavy atom. The molecule has 0 bridgehead atoms. The van der Waals surface area contributed by atoms with Crippen LogP contribution in [0.4, 0.5) is 0 Å². The average molecular weight is 295 g/mol. The first-order valence-electron chi connectivity index (χ1n) is 7.09. The number of nitrogens with one attached hydrogen (secondary N) is 1. The topological polar surface area (TPSA) is 25.0 Å². The van der Waals surface area contributed by atoms with Gasteiger partial charge in [0.15, 0.2) is 0 Å². The van der Waals surface area contributed by atoms with Crippen LogP contribution in [0.5, 0.6) is 5.75 Å². The first-order chi connectivity index (χ1) is 10.1. The van der Waals surface area contributed by atoms with E-state index in [4.69, 9.17) is 4.74 Å². The number of rotatable bonds is 1. The number of thiophene rings is 1. The van der Waals surface area contributed by atoms with E-state index in [2.05, 4.69) is 44.0 Å². The second-order valence-corrected chi connectivity index (χ2v) is 6.85. The summed E-state index contributed by atoms with van der Waals surface area (Å²) < 4.78 is 6.73. The van der Waals surface area contributed by atoms with Gasteiger partial charge in [0.2, 0.25) is 0 Å². The van der Waals surface area contributed by atoms with Crippen molar-refractivity contribution in [1.82, 2.24) is 4.98 Å². The summed E-state index contributed by atoms with van der Waals surface area (Å²) in [5, 5.41) is 3.96. The molecule has 0 saturated carbocycles. The first kappa shape index (κ1) is 12.7. The molecule has 0 saturated heterocycles. The van der Waals surface area contributed by atoms with E-state index in [9.17, 15) is 0 Å². The lowest BCUT2D eigenvalue weighted by Crippen LogP contribution is -1.80. The summed E-state index contributed by atoms with van der Waals surface area (Å²) >= 11 is 1.89. The van der Waals surface area contributed by atoms with E-state index in [0.29, 0.717) is 0 Å². The largest absolute Gasteiger partial charge is 0.497 e. The molecule has 0 unspecified atom stereocenters. The number of methoxy groups -OCH3 is 1. The number of ether oxygens (including phenoxy) is 1. The molecule has 2 nitrogen and oxygen atoms in total. The van der Waals surface area contributed by atoms with Crippen LogP contribution < -0.4 is 4.74 Å². The Labute approximate surface area is 127 Å². The Balaban J connectivity index is 2.20. The van der Waals surface area contributed by atoms with Crippen molar-refractivity contribution in [1.29, 1.82) is 0 Å². The van der Waals surface area contributed by atoms with Crippen molar-refractivity contribution < 1.29 is 4.74 Å². The number of hydrogen-bond acceptors (Lipinski definition) is 2. The maximum atomic E-state index is 5.33. The molecule has 2 aromatic carbocycles. The highest BCUT2D eigenvalue weighted by Crippen LogP contribution is 2.39. The van der Waals surface area contributed by atoms with E-state index in [1.807, 2.05) is 17.4 Å². The summed E-state index contributed by atoms with van der Waals surface area (Å²) in [6.45, 7) is 6.64. The van der Waals surface area contributed by atoms with Crippen LogP contribution in [0.3, 0.4) is 0 Å². The quantitative estimate of drug-likeness (QED) is 0.495. The Kier molecular flexibility index (Phi) is 2.57. The lowest BCUT2D eigenvalue weighted by molar-refractivity contribution is 0.415. The Bertz CT molecular complexity index is 1010. The number of aromatic amines is 1. The highest BCUT2D eigenvalue weighted by atomic mass is 32.1. The molecular formula is C18H17NOS. The molecule has 0 aliphatic rings. The molecule has 4 aromatic rings. The zero-order valence-electron chi connectivity index (χ0n) is 12.6. The Morgan fingerprint density at radius 3 is 2.52 bits per heavy atom. The van der Waals surface area contributed by atoms with Gasteiger partial charge in [0.05, 0.1) is 18.1 Å². The molecule has 106 valence electrons. The molecule has 0 amide bonds. The molecule has 0 radical (unpaired) electrons. The maximum Gasteiger partial charge on any atom is 0.120 e. The zero-order chi connectivity index (χ0) is 14.7. The molecule has 0 fully saturated rings. The second-order valence-electron chi connectivity index (χ2n) is 5.62. The van der Waals surface area contributed by atoms with Crippen molar-refractivity contribution in [2.24, 2.45) is 0 Å². The summed E-state index contributed by atoms with van der Waals surface area (Å²) in [5.41, 5.74) is 5.13. The first-order valence-corrected chi connectivity index (χ1v) is 7.90. The fourth-order valence-electron chi connectivity index (χ4n) is 3.13. The van der Waals surface area contributed by atoms with Crippen LogP contribution in [0.25, 0.3) is 31.9 Å². The third-order valence-electron chi connectivity index (χ3n) is 4.48. The van der Waals surface area contributed by atoms with Crippen LogP contribution in [0.1, 0.15) is 16.0 Å². The number of aryl methyl sites for hydroxylation is 3. The summed E-state index contributed by atoms with van der Waals surface area (Å²) in [7, 11) is 1.71. The van der Waals surface area contributed by atoms with Crippen molar-refractivity contribution in [2.75, 3.05) is 7.11 Å². The molecule has 2 heterocycles. The van der Waals surface area contributed by atoms with Gasteiger partial charge >= 0.3 is 0 Å². The highest BCUT2D eigenvalue weighted by molar-refractivity contribution is 7.19. The van der Waals surface area contributed by atoms with Crippen LogP contribution in [0.2, 0.25) is 0 Å². The van der Waals surface area contributed by atoms with Crippen molar-refractivity contribution >= 4 is 43.2 Å². The summed E-state index contributed by atoms with van der Waals surface area (Å²) in [4.78, 5) is 4.98. The van der Waals surface area contributed by atoms with Crippen molar-refractivity contribution in [3.05, 3.63) is 40.3 Å². The third-order valence-corrected chi connectivity index (χ3v) is 5.82. The van der Waals surface area contributed by atoms with Crippen LogP contribution in [0, 0.1) is 20.8 Å². The van der Waals surface area contributed by atoms with Gasteiger partial charge in [0, 0.05) is 26.4 Å². The molecule has 2 aromatic heterocycles. The van der Waals surface area contributed by atoms with E-state index in [1.54, 1.807) is 7.11 Å². The lowest BCUT2D eigenvalue weighted by atomic mass is 10.0. The summed E-state index contributed by atoms with van der Waals surface area (Å²) in [6.07, 6.45) is 0.